The van der Waals surface area contributed by atoms with E-state index < -0.39 is 0 Å². The van der Waals surface area contributed by atoms with Gasteiger partial charge in [-0.3, -0.25) is 4.98 Å². The topological polar surface area (TPSA) is 66.9 Å². The summed E-state index contributed by atoms with van der Waals surface area (Å²) in [6.07, 6.45) is 3.47. The lowest BCUT2D eigenvalue weighted by atomic mass is 9.90. The van der Waals surface area contributed by atoms with Crippen LogP contribution in [0.1, 0.15) is 22.9 Å². The molecular weight excluding hydrogens is 360 g/mol. The van der Waals surface area contributed by atoms with Gasteiger partial charge in [0.1, 0.15) is 0 Å². The van der Waals surface area contributed by atoms with Gasteiger partial charge in [-0.1, -0.05) is 54.6 Å². The SMILES string of the molecule is O=C1NC(c2ccccc2)=C(c2ccc3ccccc3n2)[C@@H](c2ccncc2)N1. The van der Waals surface area contributed by atoms with Gasteiger partial charge in [0.2, 0.25) is 0 Å². The average molecular weight is 378 g/mol. The van der Waals surface area contributed by atoms with Crippen LogP contribution in [0.4, 0.5) is 4.79 Å². The molecule has 0 saturated carbocycles. The average Bonchev–Trinajstić information content (AvgIpc) is 2.79. The minimum absolute atomic E-state index is 0.241. The molecule has 5 rings (SSSR count). The number of para-hydroxylation sites is 1. The van der Waals surface area contributed by atoms with Crippen molar-refractivity contribution in [1.82, 2.24) is 20.6 Å². The molecule has 2 amide bonds. The van der Waals surface area contributed by atoms with Gasteiger partial charge in [-0.25, -0.2) is 9.78 Å². The Balaban J connectivity index is 1.78. The van der Waals surface area contributed by atoms with Gasteiger partial charge in [0, 0.05) is 23.4 Å². The molecule has 2 aromatic carbocycles. The number of aromatic nitrogens is 2. The highest BCUT2D eigenvalue weighted by atomic mass is 16.2. The first-order chi connectivity index (χ1) is 14.3. The molecule has 4 aromatic rings. The predicted octanol–water partition coefficient (Wildman–Crippen LogP) is 4.55. The fourth-order valence-corrected chi connectivity index (χ4v) is 3.69. The summed E-state index contributed by atoms with van der Waals surface area (Å²) in [6.45, 7) is 0. The van der Waals surface area contributed by atoms with Crippen LogP contribution < -0.4 is 10.6 Å². The van der Waals surface area contributed by atoms with Crippen molar-refractivity contribution in [2.75, 3.05) is 0 Å². The van der Waals surface area contributed by atoms with Crippen molar-refractivity contribution in [2.45, 2.75) is 6.04 Å². The van der Waals surface area contributed by atoms with Gasteiger partial charge < -0.3 is 10.6 Å². The minimum Gasteiger partial charge on any atom is -0.327 e. The van der Waals surface area contributed by atoms with Crippen molar-refractivity contribution in [3.8, 4) is 0 Å². The van der Waals surface area contributed by atoms with Gasteiger partial charge in [0.25, 0.3) is 0 Å². The molecule has 29 heavy (non-hydrogen) atoms. The Morgan fingerprint density at radius 3 is 2.38 bits per heavy atom. The lowest BCUT2D eigenvalue weighted by Gasteiger charge is -2.30. The third-order valence-electron chi connectivity index (χ3n) is 5.05. The van der Waals surface area contributed by atoms with E-state index in [0.29, 0.717) is 0 Å². The molecule has 2 aromatic heterocycles. The number of hydrogen-bond acceptors (Lipinski definition) is 3. The van der Waals surface area contributed by atoms with Crippen LogP contribution in [-0.2, 0) is 0 Å². The van der Waals surface area contributed by atoms with E-state index in [0.717, 1.165) is 39.0 Å². The maximum absolute atomic E-state index is 12.5. The minimum atomic E-state index is -0.337. The van der Waals surface area contributed by atoms with Crippen LogP contribution in [-0.4, -0.2) is 16.0 Å². The number of urea groups is 1. The van der Waals surface area contributed by atoms with Crippen LogP contribution in [0.3, 0.4) is 0 Å². The van der Waals surface area contributed by atoms with E-state index in [9.17, 15) is 4.79 Å². The number of pyridine rings is 2. The summed E-state index contributed by atoms with van der Waals surface area (Å²) in [5, 5.41) is 7.13. The molecule has 0 unspecified atom stereocenters. The molecule has 0 bridgehead atoms. The quantitative estimate of drug-likeness (QED) is 0.549. The monoisotopic (exact) mass is 378 g/mol. The molecule has 2 N–H and O–H groups in total. The van der Waals surface area contributed by atoms with Gasteiger partial charge >= 0.3 is 6.03 Å². The van der Waals surface area contributed by atoms with Crippen molar-refractivity contribution in [3.05, 3.63) is 108 Å². The Morgan fingerprint density at radius 2 is 1.55 bits per heavy atom. The van der Waals surface area contributed by atoms with Gasteiger partial charge in [0.05, 0.1) is 22.9 Å². The first kappa shape index (κ1) is 17.1. The highest BCUT2D eigenvalue weighted by molar-refractivity contribution is 6.03. The van der Waals surface area contributed by atoms with E-state index in [1.807, 2.05) is 72.8 Å². The Morgan fingerprint density at radius 1 is 0.793 bits per heavy atom. The summed E-state index contributed by atoms with van der Waals surface area (Å²) in [5.74, 6) is 0. The van der Waals surface area contributed by atoms with E-state index in [1.165, 1.54) is 0 Å². The zero-order chi connectivity index (χ0) is 19.6. The Labute approximate surface area is 168 Å². The van der Waals surface area contributed by atoms with Crippen molar-refractivity contribution in [2.24, 2.45) is 0 Å². The van der Waals surface area contributed by atoms with Crippen molar-refractivity contribution in [3.63, 3.8) is 0 Å². The zero-order valence-electron chi connectivity index (χ0n) is 15.5. The molecule has 5 heteroatoms. The molecule has 1 aliphatic heterocycles. The molecule has 5 nitrogen and oxygen atoms in total. The molecule has 3 heterocycles. The standard InChI is InChI=1S/C24H18N4O/c29-24-27-22(17-7-2-1-3-8-17)21(23(28-24)18-12-14-25-15-13-18)20-11-10-16-6-4-5-9-19(16)26-20/h1-15,23H,(H2,27,28,29)/t23-/m1/s1. The van der Waals surface area contributed by atoms with Crippen LogP contribution in [0.5, 0.6) is 0 Å². The van der Waals surface area contributed by atoms with Gasteiger partial charge in [0.15, 0.2) is 0 Å². The third-order valence-corrected chi connectivity index (χ3v) is 5.05. The van der Waals surface area contributed by atoms with E-state index in [4.69, 9.17) is 4.98 Å². The second-order valence-electron chi connectivity index (χ2n) is 6.86. The van der Waals surface area contributed by atoms with Crippen molar-refractivity contribution < 1.29 is 4.79 Å². The largest absolute Gasteiger partial charge is 0.327 e. The normalized spacial score (nSPS) is 16.4. The highest BCUT2D eigenvalue weighted by Crippen LogP contribution is 2.37. The van der Waals surface area contributed by atoms with Crippen LogP contribution >= 0.6 is 0 Å². The number of nitrogens with zero attached hydrogens (tertiary/aromatic N) is 2. The molecule has 0 radical (unpaired) electrons. The number of rotatable bonds is 3. The molecule has 1 atom stereocenters. The smallest absolute Gasteiger partial charge is 0.320 e. The van der Waals surface area contributed by atoms with Gasteiger partial charge in [-0.15, -0.1) is 0 Å². The van der Waals surface area contributed by atoms with Gasteiger partial charge in [-0.2, -0.15) is 0 Å². The predicted molar refractivity (Wildman–Crippen MR) is 114 cm³/mol. The second kappa shape index (κ2) is 7.20. The molecule has 0 fully saturated rings. The zero-order valence-corrected chi connectivity index (χ0v) is 15.5. The molecule has 0 spiro atoms. The first-order valence-corrected chi connectivity index (χ1v) is 9.43. The summed E-state index contributed by atoms with van der Waals surface area (Å²) in [6, 6.07) is 25.2. The van der Waals surface area contributed by atoms with E-state index in [2.05, 4.69) is 21.7 Å². The number of carbonyl (C=O) groups is 1. The number of fused-ring (bicyclic) bond motifs is 1. The first-order valence-electron chi connectivity index (χ1n) is 9.43. The summed E-state index contributed by atoms with van der Waals surface area (Å²) in [7, 11) is 0. The van der Waals surface area contributed by atoms with E-state index in [1.54, 1.807) is 12.4 Å². The van der Waals surface area contributed by atoms with Crippen molar-refractivity contribution >= 4 is 28.2 Å². The van der Waals surface area contributed by atoms with Crippen LogP contribution in [0.25, 0.3) is 22.2 Å². The Hall–Kier alpha value is -3.99. The molecule has 140 valence electrons. The van der Waals surface area contributed by atoms with Gasteiger partial charge in [-0.05, 0) is 35.4 Å². The summed E-state index contributed by atoms with van der Waals surface area (Å²) < 4.78 is 0. The fraction of sp³-hybridized carbons (Fsp3) is 0.0417. The number of hydrogen-bond donors (Lipinski definition) is 2. The second-order valence-corrected chi connectivity index (χ2v) is 6.86. The highest BCUT2D eigenvalue weighted by Gasteiger charge is 2.30. The van der Waals surface area contributed by atoms with Crippen LogP contribution in [0, 0.1) is 0 Å². The summed E-state index contributed by atoms with van der Waals surface area (Å²) in [5.41, 5.74) is 5.30. The number of benzene rings is 2. The number of amides is 2. The fourth-order valence-electron chi connectivity index (χ4n) is 3.69. The number of carbonyl (C=O) groups excluding carboxylic acids is 1. The summed E-state index contributed by atoms with van der Waals surface area (Å²) in [4.78, 5) is 21.6. The van der Waals surface area contributed by atoms with Crippen molar-refractivity contribution in [1.29, 1.82) is 0 Å². The molecular formula is C24H18N4O. The Bertz CT molecular complexity index is 1220. The number of nitrogens with one attached hydrogen (secondary N) is 2. The van der Waals surface area contributed by atoms with E-state index in [-0.39, 0.29) is 12.1 Å². The lowest BCUT2D eigenvalue weighted by molar-refractivity contribution is 0.242. The third kappa shape index (κ3) is 3.23. The maximum Gasteiger partial charge on any atom is 0.320 e. The summed E-state index contributed by atoms with van der Waals surface area (Å²) >= 11 is 0. The maximum atomic E-state index is 12.5. The van der Waals surface area contributed by atoms with Crippen LogP contribution in [0.2, 0.25) is 0 Å². The Kier molecular flexibility index (Phi) is 4.26. The van der Waals surface area contributed by atoms with E-state index >= 15 is 0 Å². The molecule has 0 aliphatic carbocycles. The molecule has 0 saturated heterocycles. The lowest BCUT2D eigenvalue weighted by Crippen LogP contribution is -2.43. The van der Waals surface area contributed by atoms with Crippen LogP contribution in [0.15, 0.2) is 91.3 Å². The molecule has 1 aliphatic rings.